The molecule has 0 radical (unpaired) electrons. The number of rotatable bonds is 7. The van der Waals surface area contributed by atoms with Gasteiger partial charge in [-0.05, 0) is 26.2 Å². The second-order valence-electron chi connectivity index (χ2n) is 5.67. The highest BCUT2D eigenvalue weighted by molar-refractivity contribution is 14.0. The van der Waals surface area contributed by atoms with E-state index in [9.17, 15) is 0 Å². The lowest BCUT2D eigenvalue weighted by atomic mass is 10.1. The number of hydrogen-bond donors (Lipinski definition) is 1. The molecule has 0 spiro atoms. The second kappa shape index (κ2) is 12.0. The highest BCUT2D eigenvalue weighted by Gasteiger charge is 2.21. The summed E-state index contributed by atoms with van der Waals surface area (Å²) in [5, 5.41) is 4.51. The predicted octanol–water partition coefficient (Wildman–Crippen LogP) is 2.66. The first kappa shape index (κ1) is 21.6. The van der Waals surface area contributed by atoms with Crippen LogP contribution in [0, 0.1) is 6.92 Å². The van der Waals surface area contributed by atoms with Gasteiger partial charge in [-0.1, -0.05) is 0 Å². The van der Waals surface area contributed by atoms with Crippen LogP contribution in [0.5, 0.6) is 0 Å². The fourth-order valence-electron chi connectivity index (χ4n) is 2.66. The van der Waals surface area contributed by atoms with Crippen molar-refractivity contribution in [2.24, 2.45) is 4.99 Å². The van der Waals surface area contributed by atoms with Gasteiger partial charge in [0, 0.05) is 51.5 Å². The van der Waals surface area contributed by atoms with E-state index in [4.69, 9.17) is 9.47 Å². The average Bonchev–Trinajstić information content (AvgIpc) is 2.99. The van der Waals surface area contributed by atoms with Crippen molar-refractivity contribution in [3.63, 3.8) is 0 Å². The van der Waals surface area contributed by atoms with Crippen LogP contribution >= 0.6 is 35.3 Å². The Morgan fingerprint density at radius 2 is 2.17 bits per heavy atom. The Hall–Kier alpha value is -0.450. The van der Waals surface area contributed by atoms with Gasteiger partial charge in [0.15, 0.2) is 5.96 Å². The summed E-state index contributed by atoms with van der Waals surface area (Å²) in [7, 11) is 3.56. The van der Waals surface area contributed by atoms with Crippen LogP contribution < -0.4 is 5.32 Å². The van der Waals surface area contributed by atoms with Gasteiger partial charge in [-0.2, -0.15) is 0 Å². The lowest BCUT2D eigenvalue weighted by molar-refractivity contribution is 0.00989. The number of hydrogen-bond acceptors (Lipinski definition) is 5. The first-order chi connectivity index (χ1) is 11.2. The molecule has 1 aliphatic heterocycles. The van der Waals surface area contributed by atoms with Crippen LogP contribution in [0.2, 0.25) is 0 Å². The molecule has 6 nitrogen and oxygen atoms in total. The largest absolute Gasteiger partial charge is 0.385 e. The van der Waals surface area contributed by atoms with E-state index in [2.05, 4.69) is 27.1 Å². The van der Waals surface area contributed by atoms with E-state index in [-0.39, 0.29) is 24.0 Å². The van der Waals surface area contributed by atoms with Gasteiger partial charge in [-0.15, -0.1) is 35.3 Å². The summed E-state index contributed by atoms with van der Waals surface area (Å²) in [6.07, 6.45) is 5.33. The molecule has 2 rings (SSSR count). The van der Waals surface area contributed by atoms with Crippen molar-refractivity contribution in [2.45, 2.75) is 38.8 Å². The van der Waals surface area contributed by atoms with Crippen molar-refractivity contribution >= 4 is 41.3 Å². The third kappa shape index (κ3) is 7.20. The Bertz CT molecular complexity index is 490. The monoisotopic (exact) mass is 468 g/mol. The summed E-state index contributed by atoms with van der Waals surface area (Å²) in [6, 6.07) is 0. The molecule has 24 heavy (non-hydrogen) atoms. The van der Waals surface area contributed by atoms with Gasteiger partial charge in [0.1, 0.15) is 5.01 Å². The first-order valence-electron chi connectivity index (χ1n) is 8.20. The maximum Gasteiger partial charge on any atom is 0.193 e. The van der Waals surface area contributed by atoms with Crippen LogP contribution in [0.1, 0.15) is 29.1 Å². The number of nitrogens with one attached hydrogen (secondary N) is 1. The average molecular weight is 468 g/mol. The van der Waals surface area contributed by atoms with Gasteiger partial charge < -0.3 is 19.7 Å². The number of likely N-dealkylation sites (tertiary alicyclic amines) is 1. The third-order valence-electron chi connectivity index (χ3n) is 3.87. The number of aliphatic imine (C=N–C) groups is 1. The highest BCUT2D eigenvalue weighted by Crippen LogP contribution is 2.15. The molecule has 138 valence electrons. The number of nitrogens with zero attached hydrogens (tertiary/aromatic N) is 3. The molecule has 0 saturated carbocycles. The minimum Gasteiger partial charge on any atom is -0.385 e. The van der Waals surface area contributed by atoms with Crippen LogP contribution in [0.25, 0.3) is 0 Å². The van der Waals surface area contributed by atoms with Crippen molar-refractivity contribution in [3.8, 4) is 0 Å². The Balaban J connectivity index is 0.00000288. The number of guanidine groups is 1. The van der Waals surface area contributed by atoms with Gasteiger partial charge in [0.05, 0.1) is 12.6 Å². The zero-order valence-corrected chi connectivity index (χ0v) is 17.9. The lowest BCUT2D eigenvalue weighted by Gasteiger charge is -2.34. The van der Waals surface area contributed by atoms with E-state index >= 15 is 0 Å². The van der Waals surface area contributed by atoms with Crippen LogP contribution in [0.15, 0.2) is 11.2 Å². The molecule has 1 N–H and O–H groups in total. The minimum absolute atomic E-state index is 0. The molecule has 0 atom stereocenters. The standard InChI is InChI=1S/C16H28N4O2S.HI/c1-13-11-18-15(23-13)12-19-16(17-2)20-7-5-14(6-8-20)22-10-4-9-21-3;/h11,14H,4-10,12H2,1-3H3,(H,17,19);1H. The van der Waals surface area contributed by atoms with Crippen LogP contribution in [-0.4, -0.2) is 62.4 Å². The molecule has 1 fully saturated rings. The maximum absolute atomic E-state index is 5.90. The Morgan fingerprint density at radius 3 is 2.75 bits per heavy atom. The van der Waals surface area contributed by atoms with Crippen LogP contribution in [-0.2, 0) is 16.0 Å². The summed E-state index contributed by atoms with van der Waals surface area (Å²) < 4.78 is 10.9. The number of ether oxygens (including phenoxy) is 2. The Morgan fingerprint density at radius 1 is 1.42 bits per heavy atom. The molecule has 0 unspecified atom stereocenters. The summed E-state index contributed by atoms with van der Waals surface area (Å²) >= 11 is 1.72. The summed E-state index contributed by atoms with van der Waals surface area (Å²) in [6.45, 7) is 6.32. The summed E-state index contributed by atoms with van der Waals surface area (Å²) in [5.41, 5.74) is 0. The third-order valence-corrected chi connectivity index (χ3v) is 4.78. The van der Waals surface area contributed by atoms with E-state index < -0.39 is 0 Å². The highest BCUT2D eigenvalue weighted by atomic mass is 127. The Labute approximate surface area is 166 Å². The summed E-state index contributed by atoms with van der Waals surface area (Å²) in [4.78, 5) is 12.3. The Kier molecular flexibility index (Phi) is 10.8. The summed E-state index contributed by atoms with van der Waals surface area (Å²) in [5.74, 6) is 0.954. The van der Waals surface area contributed by atoms with Gasteiger partial charge in [-0.25, -0.2) is 4.98 Å². The first-order valence-corrected chi connectivity index (χ1v) is 9.02. The van der Waals surface area contributed by atoms with Crippen molar-refractivity contribution in [2.75, 3.05) is 40.5 Å². The molecular weight excluding hydrogens is 439 g/mol. The topological polar surface area (TPSA) is 59.0 Å². The van der Waals surface area contributed by atoms with Gasteiger partial charge in [0.25, 0.3) is 0 Å². The lowest BCUT2D eigenvalue weighted by Crippen LogP contribution is -2.46. The molecule has 8 heteroatoms. The fourth-order valence-corrected chi connectivity index (χ4v) is 3.38. The second-order valence-corrected chi connectivity index (χ2v) is 6.99. The van der Waals surface area contributed by atoms with Gasteiger partial charge in [-0.3, -0.25) is 4.99 Å². The maximum atomic E-state index is 5.90. The fraction of sp³-hybridized carbons (Fsp3) is 0.750. The smallest absolute Gasteiger partial charge is 0.193 e. The number of aromatic nitrogens is 1. The van der Waals surface area contributed by atoms with E-state index in [0.29, 0.717) is 6.10 Å². The van der Waals surface area contributed by atoms with E-state index in [1.54, 1.807) is 18.4 Å². The number of methoxy groups -OCH3 is 1. The van der Waals surface area contributed by atoms with Crippen molar-refractivity contribution < 1.29 is 9.47 Å². The van der Waals surface area contributed by atoms with Gasteiger partial charge in [0.2, 0.25) is 0 Å². The van der Waals surface area contributed by atoms with Crippen molar-refractivity contribution in [1.29, 1.82) is 0 Å². The van der Waals surface area contributed by atoms with E-state index in [1.807, 2.05) is 13.2 Å². The molecule has 0 aliphatic carbocycles. The molecule has 1 aliphatic rings. The zero-order valence-electron chi connectivity index (χ0n) is 14.8. The molecule has 0 aromatic carbocycles. The molecule has 0 bridgehead atoms. The van der Waals surface area contributed by atoms with Crippen LogP contribution in [0.3, 0.4) is 0 Å². The molecule has 0 amide bonds. The van der Waals surface area contributed by atoms with Gasteiger partial charge >= 0.3 is 0 Å². The van der Waals surface area contributed by atoms with E-state index in [0.717, 1.165) is 63.1 Å². The number of halogens is 1. The number of aryl methyl sites for hydroxylation is 1. The number of piperidine rings is 1. The normalized spacial score (nSPS) is 16.1. The van der Waals surface area contributed by atoms with Crippen molar-refractivity contribution in [1.82, 2.24) is 15.2 Å². The quantitative estimate of drug-likeness (QED) is 0.289. The van der Waals surface area contributed by atoms with E-state index in [1.165, 1.54) is 4.88 Å². The molecule has 1 aromatic rings. The molecule has 1 aromatic heterocycles. The predicted molar refractivity (Wildman–Crippen MR) is 110 cm³/mol. The van der Waals surface area contributed by atoms with Crippen LogP contribution in [0.4, 0.5) is 0 Å². The molecular formula is C16H29IN4O2S. The molecule has 1 saturated heterocycles. The van der Waals surface area contributed by atoms with Crippen molar-refractivity contribution in [3.05, 3.63) is 16.1 Å². The zero-order chi connectivity index (χ0) is 16.5. The minimum atomic E-state index is 0. The SMILES string of the molecule is CN=C(NCc1ncc(C)s1)N1CCC(OCCCOC)CC1.I. The molecule has 2 heterocycles. The number of thiazole rings is 1.